The maximum Gasteiger partial charge on any atom is 0.409 e. The van der Waals surface area contributed by atoms with E-state index in [1.54, 1.807) is 18.2 Å². The Kier molecular flexibility index (Phi) is 3.35. The maximum atomic E-state index is 10.4. The normalized spacial score (nSPS) is 9.38. The van der Waals surface area contributed by atoms with Gasteiger partial charge >= 0.3 is 6.09 Å². The Morgan fingerprint density at radius 1 is 1.62 bits per heavy atom. The van der Waals surface area contributed by atoms with Crippen molar-refractivity contribution in [3.63, 3.8) is 0 Å². The molecule has 0 radical (unpaired) electrons. The molecule has 0 aliphatic heterocycles. The second-order valence-electron chi connectivity index (χ2n) is 2.25. The van der Waals surface area contributed by atoms with Gasteiger partial charge in [0.1, 0.15) is 5.75 Å². The Morgan fingerprint density at radius 2 is 2.31 bits per heavy atom. The third kappa shape index (κ3) is 2.48. The van der Waals surface area contributed by atoms with Gasteiger partial charge in [0.15, 0.2) is 0 Å². The summed E-state index contributed by atoms with van der Waals surface area (Å²) in [7, 11) is 1.50. The quantitative estimate of drug-likeness (QED) is 0.823. The fraction of sp³-hybridized carbons (Fsp3) is 0.125. The van der Waals surface area contributed by atoms with Crippen LogP contribution in [0.25, 0.3) is 0 Å². The number of anilines is 1. The predicted octanol–water partition coefficient (Wildman–Crippen LogP) is 2.39. The topological polar surface area (TPSA) is 58.6 Å². The molecule has 0 spiro atoms. The molecule has 0 fully saturated rings. The van der Waals surface area contributed by atoms with Gasteiger partial charge in [-0.2, -0.15) is 0 Å². The Balaban J connectivity index is 3.07. The molecule has 1 amide bonds. The highest BCUT2D eigenvalue weighted by Crippen LogP contribution is 2.29. The molecule has 0 saturated carbocycles. The summed E-state index contributed by atoms with van der Waals surface area (Å²) < 4.78 is 5.80. The highest BCUT2D eigenvalue weighted by molar-refractivity contribution is 14.1. The molecule has 0 aliphatic rings. The molecule has 70 valence electrons. The first-order valence-corrected chi connectivity index (χ1v) is 4.55. The minimum atomic E-state index is -1.09. The molecule has 0 unspecified atom stereocenters. The van der Waals surface area contributed by atoms with Crippen LogP contribution >= 0.6 is 22.6 Å². The summed E-state index contributed by atoms with van der Waals surface area (Å²) in [6.45, 7) is 0. The SMILES string of the molecule is COc1cccc(I)c1NC(=O)O. The number of amides is 1. The summed E-state index contributed by atoms with van der Waals surface area (Å²) in [5.41, 5.74) is 0.484. The van der Waals surface area contributed by atoms with Crippen molar-refractivity contribution in [3.8, 4) is 5.75 Å². The van der Waals surface area contributed by atoms with E-state index in [1.807, 2.05) is 22.6 Å². The van der Waals surface area contributed by atoms with Crippen LogP contribution in [0.1, 0.15) is 0 Å². The third-order valence-electron chi connectivity index (χ3n) is 1.43. The van der Waals surface area contributed by atoms with Gasteiger partial charge in [-0.1, -0.05) is 6.07 Å². The summed E-state index contributed by atoms with van der Waals surface area (Å²) in [5, 5.41) is 10.8. The molecule has 5 heteroatoms. The Hall–Kier alpha value is -0.980. The number of hydrogen-bond acceptors (Lipinski definition) is 2. The summed E-state index contributed by atoms with van der Waals surface area (Å²) in [5.74, 6) is 0.523. The fourth-order valence-electron chi connectivity index (χ4n) is 0.903. The molecular formula is C8H8INO3. The zero-order valence-corrected chi connectivity index (χ0v) is 9.03. The van der Waals surface area contributed by atoms with E-state index in [2.05, 4.69) is 5.32 Å². The second-order valence-corrected chi connectivity index (χ2v) is 3.41. The van der Waals surface area contributed by atoms with Crippen LogP contribution in [-0.4, -0.2) is 18.3 Å². The molecule has 0 atom stereocenters. The van der Waals surface area contributed by atoms with Crippen molar-refractivity contribution in [2.24, 2.45) is 0 Å². The molecule has 0 heterocycles. The molecule has 4 nitrogen and oxygen atoms in total. The number of carboxylic acid groups (broad SMARTS) is 1. The molecule has 1 aromatic rings. The molecule has 0 aliphatic carbocycles. The lowest BCUT2D eigenvalue weighted by Gasteiger charge is -2.09. The largest absolute Gasteiger partial charge is 0.495 e. The van der Waals surface area contributed by atoms with Crippen molar-refractivity contribution in [2.75, 3.05) is 12.4 Å². The van der Waals surface area contributed by atoms with Crippen molar-refractivity contribution in [3.05, 3.63) is 21.8 Å². The molecule has 13 heavy (non-hydrogen) atoms. The number of benzene rings is 1. The van der Waals surface area contributed by atoms with Crippen molar-refractivity contribution >= 4 is 34.4 Å². The summed E-state index contributed by atoms with van der Waals surface area (Å²) in [6.07, 6.45) is -1.09. The van der Waals surface area contributed by atoms with E-state index < -0.39 is 6.09 Å². The Morgan fingerprint density at radius 3 is 2.85 bits per heavy atom. The van der Waals surface area contributed by atoms with E-state index in [4.69, 9.17) is 9.84 Å². The van der Waals surface area contributed by atoms with Crippen molar-refractivity contribution < 1.29 is 14.6 Å². The standard InChI is InChI=1S/C8H8INO3/c1-13-6-4-2-3-5(9)7(6)10-8(11)12/h2-4,10H,1H3,(H,11,12). The van der Waals surface area contributed by atoms with Crippen LogP contribution in [0.4, 0.5) is 10.5 Å². The van der Waals surface area contributed by atoms with Gasteiger partial charge in [-0.05, 0) is 34.7 Å². The predicted molar refractivity (Wildman–Crippen MR) is 57.4 cm³/mol. The van der Waals surface area contributed by atoms with Gasteiger partial charge in [-0.15, -0.1) is 0 Å². The zero-order valence-electron chi connectivity index (χ0n) is 6.87. The lowest BCUT2D eigenvalue weighted by Crippen LogP contribution is -2.09. The highest BCUT2D eigenvalue weighted by atomic mass is 127. The third-order valence-corrected chi connectivity index (χ3v) is 2.33. The number of rotatable bonds is 2. The number of para-hydroxylation sites is 1. The van der Waals surface area contributed by atoms with Gasteiger partial charge in [0, 0.05) is 3.57 Å². The van der Waals surface area contributed by atoms with Crippen LogP contribution in [0.3, 0.4) is 0 Å². The monoisotopic (exact) mass is 293 g/mol. The van der Waals surface area contributed by atoms with Crippen molar-refractivity contribution in [1.82, 2.24) is 0 Å². The smallest absolute Gasteiger partial charge is 0.409 e. The minimum absolute atomic E-state index is 0.484. The van der Waals surface area contributed by atoms with Crippen LogP contribution in [0, 0.1) is 3.57 Å². The second kappa shape index (κ2) is 4.31. The summed E-state index contributed by atoms with van der Waals surface area (Å²) >= 11 is 2.04. The van der Waals surface area contributed by atoms with Gasteiger partial charge in [0.2, 0.25) is 0 Å². The van der Waals surface area contributed by atoms with Gasteiger partial charge in [-0.3, -0.25) is 5.32 Å². The van der Waals surface area contributed by atoms with Crippen molar-refractivity contribution in [2.45, 2.75) is 0 Å². The van der Waals surface area contributed by atoms with Crippen LogP contribution < -0.4 is 10.1 Å². The Labute approximate surface area is 89.0 Å². The average molecular weight is 293 g/mol. The molecular weight excluding hydrogens is 285 g/mol. The lowest BCUT2D eigenvalue weighted by atomic mass is 10.3. The van der Waals surface area contributed by atoms with E-state index >= 15 is 0 Å². The van der Waals surface area contributed by atoms with E-state index in [0.29, 0.717) is 11.4 Å². The fourth-order valence-corrected chi connectivity index (χ4v) is 1.51. The molecule has 0 bridgehead atoms. The van der Waals surface area contributed by atoms with E-state index in [9.17, 15) is 4.79 Å². The number of carbonyl (C=O) groups is 1. The maximum absolute atomic E-state index is 10.4. The number of ether oxygens (including phenoxy) is 1. The number of methoxy groups -OCH3 is 1. The van der Waals surface area contributed by atoms with E-state index in [1.165, 1.54) is 7.11 Å². The summed E-state index contributed by atoms with van der Waals surface area (Å²) in [4.78, 5) is 10.4. The van der Waals surface area contributed by atoms with Gasteiger partial charge in [0.05, 0.1) is 12.8 Å². The molecule has 2 N–H and O–H groups in total. The highest BCUT2D eigenvalue weighted by Gasteiger charge is 2.08. The first-order valence-electron chi connectivity index (χ1n) is 3.47. The summed E-state index contributed by atoms with van der Waals surface area (Å²) in [6, 6.07) is 5.30. The zero-order chi connectivity index (χ0) is 9.84. The van der Waals surface area contributed by atoms with Crippen LogP contribution in [-0.2, 0) is 0 Å². The lowest BCUT2D eigenvalue weighted by molar-refractivity contribution is 0.209. The van der Waals surface area contributed by atoms with Gasteiger partial charge in [0.25, 0.3) is 0 Å². The van der Waals surface area contributed by atoms with E-state index in [0.717, 1.165) is 3.57 Å². The van der Waals surface area contributed by atoms with Crippen LogP contribution in [0.2, 0.25) is 0 Å². The van der Waals surface area contributed by atoms with Crippen LogP contribution in [0.5, 0.6) is 5.75 Å². The van der Waals surface area contributed by atoms with Gasteiger partial charge < -0.3 is 9.84 Å². The number of hydrogen-bond donors (Lipinski definition) is 2. The molecule has 1 aromatic carbocycles. The first kappa shape index (κ1) is 10.1. The average Bonchev–Trinajstić information content (AvgIpc) is 2.08. The number of nitrogens with one attached hydrogen (secondary N) is 1. The Bertz CT molecular complexity index is 327. The molecule has 0 saturated heterocycles. The first-order chi connectivity index (χ1) is 6.15. The minimum Gasteiger partial charge on any atom is -0.495 e. The number of halogens is 1. The molecule has 0 aromatic heterocycles. The van der Waals surface area contributed by atoms with Gasteiger partial charge in [-0.25, -0.2) is 4.79 Å². The van der Waals surface area contributed by atoms with Crippen LogP contribution in [0.15, 0.2) is 18.2 Å². The molecule has 1 rings (SSSR count). The van der Waals surface area contributed by atoms with Crippen molar-refractivity contribution in [1.29, 1.82) is 0 Å². The van der Waals surface area contributed by atoms with E-state index in [-0.39, 0.29) is 0 Å².